The topological polar surface area (TPSA) is 60.1 Å². The van der Waals surface area contributed by atoms with E-state index in [-0.39, 0.29) is 16.7 Å². The Kier molecular flexibility index (Phi) is 5.14. The molecule has 1 aromatic carbocycles. The van der Waals surface area contributed by atoms with Gasteiger partial charge in [-0.2, -0.15) is 0 Å². The maximum atomic E-state index is 10.8. The van der Waals surface area contributed by atoms with Gasteiger partial charge in [-0.1, -0.05) is 22.9 Å². The lowest BCUT2D eigenvalue weighted by Gasteiger charge is -2.17. The summed E-state index contributed by atoms with van der Waals surface area (Å²) >= 11 is 3.42. The number of rotatable bonds is 6. The maximum Gasteiger partial charge on any atom is 0.270 e. The van der Waals surface area contributed by atoms with Crippen LogP contribution in [0, 0.1) is 10.1 Å². The van der Waals surface area contributed by atoms with Crippen LogP contribution in [-0.2, 0) is 6.54 Å². The highest BCUT2D eigenvalue weighted by Crippen LogP contribution is 2.25. The zero-order valence-corrected chi connectivity index (χ0v) is 13.6. The number of benzene rings is 1. The second-order valence-electron chi connectivity index (χ2n) is 4.87. The van der Waals surface area contributed by atoms with Crippen molar-refractivity contribution in [1.82, 2.24) is 9.88 Å². The Labute approximate surface area is 132 Å². The highest BCUT2D eigenvalue weighted by molar-refractivity contribution is 9.10. The van der Waals surface area contributed by atoms with E-state index in [1.165, 1.54) is 11.8 Å². The summed E-state index contributed by atoms with van der Waals surface area (Å²) in [5.74, 6) is 0. The highest BCUT2D eigenvalue weighted by Gasteiger charge is 2.12. The van der Waals surface area contributed by atoms with E-state index < -0.39 is 0 Å². The Morgan fingerprint density at radius 1 is 1.43 bits per heavy atom. The zero-order chi connectivity index (χ0) is 15.4. The van der Waals surface area contributed by atoms with Crippen LogP contribution in [0.2, 0.25) is 0 Å². The SMILES string of the molecule is CCNC(C)c1cccn1Cc1ccc([N+](=O)[O-])cc1Br. The van der Waals surface area contributed by atoms with Crippen LogP contribution in [0.5, 0.6) is 0 Å². The summed E-state index contributed by atoms with van der Waals surface area (Å²) in [6.07, 6.45) is 2.02. The van der Waals surface area contributed by atoms with Crippen LogP contribution in [0.3, 0.4) is 0 Å². The minimum absolute atomic E-state index is 0.0966. The lowest BCUT2D eigenvalue weighted by atomic mass is 10.2. The largest absolute Gasteiger partial charge is 0.346 e. The quantitative estimate of drug-likeness (QED) is 0.634. The third kappa shape index (κ3) is 3.71. The second kappa shape index (κ2) is 6.87. The lowest BCUT2D eigenvalue weighted by molar-refractivity contribution is -0.384. The van der Waals surface area contributed by atoms with E-state index >= 15 is 0 Å². The molecule has 0 saturated carbocycles. The maximum absolute atomic E-state index is 10.8. The first-order valence-electron chi connectivity index (χ1n) is 6.84. The predicted octanol–water partition coefficient (Wildman–Crippen LogP) is 3.88. The van der Waals surface area contributed by atoms with Gasteiger partial charge in [0.15, 0.2) is 0 Å². The molecule has 0 aliphatic rings. The molecule has 112 valence electrons. The Hall–Kier alpha value is -1.66. The van der Waals surface area contributed by atoms with Crippen LogP contribution in [0.4, 0.5) is 5.69 Å². The molecule has 0 saturated heterocycles. The van der Waals surface area contributed by atoms with Gasteiger partial charge in [0.05, 0.1) is 4.92 Å². The Balaban J connectivity index is 2.23. The van der Waals surface area contributed by atoms with Gasteiger partial charge >= 0.3 is 0 Å². The molecule has 2 rings (SSSR count). The number of nitro groups is 1. The molecule has 21 heavy (non-hydrogen) atoms. The van der Waals surface area contributed by atoms with Crippen LogP contribution < -0.4 is 5.32 Å². The first-order valence-corrected chi connectivity index (χ1v) is 7.63. The van der Waals surface area contributed by atoms with Gasteiger partial charge in [-0.25, -0.2) is 0 Å². The van der Waals surface area contributed by atoms with E-state index in [0.717, 1.165) is 16.6 Å². The van der Waals surface area contributed by atoms with Crippen molar-refractivity contribution in [3.8, 4) is 0 Å². The van der Waals surface area contributed by atoms with Crippen molar-refractivity contribution in [3.63, 3.8) is 0 Å². The molecule has 1 N–H and O–H groups in total. The van der Waals surface area contributed by atoms with Crippen molar-refractivity contribution >= 4 is 21.6 Å². The first kappa shape index (κ1) is 15.7. The number of nitro benzene ring substituents is 1. The average molecular weight is 352 g/mol. The highest BCUT2D eigenvalue weighted by atomic mass is 79.9. The summed E-state index contributed by atoms with van der Waals surface area (Å²) in [5.41, 5.74) is 2.31. The average Bonchev–Trinajstić information content (AvgIpc) is 2.89. The first-order chi connectivity index (χ1) is 10.0. The van der Waals surface area contributed by atoms with Gasteiger partial charge in [-0.3, -0.25) is 10.1 Å². The summed E-state index contributed by atoms with van der Waals surface area (Å²) in [4.78, 5) is 10.4. The summed E-state index contributed by atoms with van der Waals surface area (Å²) in [6.45, 7) is 5.79. The molecule has 0 aliphatic carbocycles. The van der Waals surface area contributed by atoms with E-state index in [2.05, 4.69) is 45.7 Å². The number of non-ortho nitro benzene ring substituents is 1. The predicted molar refractivity (Wildman–Crippen MR) is 86.4 cm³/mol. The van der Waals surface area contributed by atoms with Crippen molar-refractivity contribution in [1.29, 1.82) is 0 Å². The summed E-state index contributed by atoms with van der Waals surface area (Å²) in [5, 5.41) is 14.2. The summed E-state index contributed by atoms with van der Waals surface area (Å²) in [6, 6.07) is 9.25. The monoisotopic (exact) mass is 351 g/mol. The molecular weight excluding hydrogens is 334 g/mol. The van der Waals surface area contributed by atoms with Crippen LogP contribution in [0.15, 0.2) is 41.0 Å². The number of aromatic nitrogens is 1. The van der Waals surface area contributed by atoms with Crippen LogP contribution in [-0.4, -0.2) is 16.0 Å². The fourth-order valence-corrected chi connectivity index (χ4v) is 2.83. The third-order valence-corrected chi connectivity index (χ3v) is 4.14. The smallest absolute Gasteiger partial charge is 0.270 e. The third-order valence-electron chi connectivity index (χ3n) is 3.41. The summed E-state index contributed by atoms with van der Waals surface area (Å²) < 4.78 is 2.91. The van der Waals surface area contributed by atoms with E-state index in [1.54, 1.807) is 12.1 Å². The number of hydrogen-bond donors (Lipinski definition) is 1. The Bertz CT molecular complexity index is 640. The van der Waals surface area contributed by atoms with E-state index in [9.17, 15) is 10.1 Å². The van der Waals surface area contributed by atoms with Crippen LogP contribution >= 0.6 is 15.9 Å². The molecule has 1 aromatic heterocycles. The van der Waals surface area contributed by atoms with E-state index in [0.29, 0.717) is 6.54 Å². The van der Waals surface area contributed by atoms with Crippen molar-refractivity contribution in [3.05, 3.63) is 62.4 Å². The molecule has 0 aliphatic heterocycles. The second-order valence-corrected chi connectivity index (χ2v) is 5.73. The van der Waals surface area contributed by atoms with Gasteiger partial charge < -0.3 is 9.88 Å². The van der Waals surface area contributed by atoms with Crippen molar-refractivity contribution in [2.24, 2.45) is 0 Å². The van der Waals surface area contributed by atoms with Gasteiger partial charge in [0.25, 0.3) is 5.69 Å². The Morgan fingerprint density at radius 2 is 2.19 bits per heavy atom. The molecule has 0 fully saturated rings. The minimum Gasteiger partial charge on any atom is -0.346 e. The normalized spacial score (nSPS) is 12.3. The fourth-order valence-electron chi connectivity index (χ4n) is 2.34. The molecule has 6 heteroatoms. The molecule has 1 unspecified atom stereocenters. The van der Waals surface area contributed by atoms with Gasteiger partial charge in [-0.15, -0.1) is 0 Å². The molecule has 0 bridgehead atoms. The van der Waals surface area contributed by atoms with Crippen molar-refractivity contribution < 1.29 is 4.92 Å². The van der Waals surface area contributed by atoms with E-state index in [4.69, 9.17) is 0 Å². The molecule has 1 atom stereocenters. The molecule has 0 radical (unpaired) electrons. The van der Waals surface area contributed by atoms with Gasteiger partial charge in [-0.05, 0) is 37.2 Å². The Morgan fingerprint density at radius 3 is 2.81 bits per heavy atom. The number of nitrogens with one attached hydrogen (secondary N) is 1. The summed E-state index contributed by atoms with van der Waals surface area (Å²) in [7, 11) is 0. The van der Waals surface area contributed by atoms with Crippen LogP contribution in [0.25, 0.3) is 0 Å². The molecular formula is C15H18BrN3O2. The standard InChI is InChI=1S/C15H18BrN3O2/c1-3-17-11(2)15-5-4-8-18(15)10-12-6-7-13(19(20)21)9-14(12)16/h4-9,11,17H,3,10H2,1-2H3. The molecule has 2 aromatic rings. The van der Waals surface area contributed by atoms with Crippen molar-refractivity contribution in [2.45, 2.75) is 26.4 Å². The van der Waals surface area contributed by atoms with Gasteiger partial charge in [0.2, 0.25) is 0 Å². The molecule has 1 heterocycles. The molecule has 5 nitrogen and oxygen atoms in total. The zero-order valence-electron chi connectivity index (χ0n) is 12.0. The number of nitrogens with zero attached hydrogens (tertiary/aromatic N) is 2. The van der Waals surface area contributed by atoms with Gasteiger partial charge in [0.1, 0.15) is 0 Å². The van der Waals surface area contributed by atoms with Crippen molar-refractivity contribution in [2.75, 3.05) is 6.54 Å². The molecule has 0 spiro atoms. The van der Waals surface area contributed by atoms with Crippen LogP contribution in [0.1, 0.15) is 31.1 Å². The van der Waals surface area contributed by atoms with E-state index in [1.807, 2.05) is 12.3 Å². The fraction of sp³-hybridized carbons (Fsp3) is 0.333. The minimum atomic E-state index is -0.386. The van der Waals surface area contributed by atoms with Gasteiger partial charge in [0, 0.05) is 41.1 Å². The number of halogens is 1. The lowest BCUT2D eigenvalue weighted by Crippen LogP contribution is -2.20. The number of hydrogen-bond acceptors (Lipinski definition) is 3. The molecule has 0 amide bonds.